The smallest absolute Gasteiger partial charge is 0.335 e. The molecule has 2 unspecified atom stereocenters. The van der Waals surface area contributed by atoms with Gasteiger partial charge in [-0.25, -0.2) is 4.79 Å². The van der Waals surface area contributed by atoms with E-state index in [2.05, 4.69) is 0 Å². The first-order valence-electron chi connectivity index (χ1n) is 5.92. The van der Waals surface area contributed by atoms with Crippen LogP contribution in [0.25, 0.3) is 0 Å². The highest BCUT2D eigenvalue weighted by Gasteiger charge is 2.25. The van der Waals surface area contributed by atoms with Gasteiger partial charge in [-0.05, 0) is 11.5 Å². The summed E-state index contributed by atoms with van der Waals surface area (Å²) in [4.78, 5) is 11.6. The third-order valence-electron chi connectivity index (χ3n) is 2.87. The summed E-state index contributed by atoms with van der Waals surface area (Å²) >= 11 is 0. The predicted octanol–water partition coefficient (Wildman–Crippen LogP) is 2.79. The molecule has 0 saturated heterocycles. The summed E-state index contributed by atoms with van der Waals surface area (Å²) in [5.74, 6) is -0.138. The zero-order chi connectivity index (χ0) is 12.7. The fourth-order valence-electron chi connectivity index (χ4n) is 1.56. The summed E-state index contributed by atoms with van der Waals surface area (Å²) in [6.07, 6.45) is 0.402. The lowest BCUT2D eigenvalue weighted by atomic mass is 10.0. The summed E-state index contributed by atoms with van der Waals surface area (Å²) in [6, 6.07) is 9.82. The van der Waals surface area contributed by atoms with Crippen molar-refractivity contribution in [3.8, 4) is 0 Å². The van der Waals surface area contributed by atoms with Crippen molar-refractivity contribution in [3.05, 3.63) is 35.9 Å². The van der Waals surface area contributed by atoms with E-state index in [4.69, 9.17) is 9.47 Å². The Morgan fingerprint density at radius 3 is 2.47 bits per heavy atom. The van der Waals surface area contributed by atoms with Gasteiger partial charge in [-0.15, -0.1) is 0 Å². The second kappa shape index (κ2) is 7.07. The van der Waals surface area contributed by atoms with Gasteiger partial charge in [-0.1, -0.05) is 50.6 Å². The Balaban J connectivity index is 2.58. The second-order valence-electron chi connectivity index (χ2n) is 4.13. The lowest BCUT2D eigenvalue weighted by Crippen LogP contribution is -2.31. The van der Waals surface area contributed by atoms with E-state index in [-0.39, 0.29) is 11.9 Å². The Morgan fingerprint density at radius 1 is 1.29 bits per heavy atom. The van der Waals surface area contributed by atoms with E-state index < -0.39 is 6.10 Å². The molecule has 0 saturated carbocycles. The van der Waals surface area contributed by atoms with Crippen LogP contribution in [0.2, 0.25) is 0 Å². The normalized spacial score (nSPS) is 14.1. The molecule has 0 bridgehead atoms. The highest BCUT2D eigenvalue weighted by molar-refractivity contribution is 5.74. The molecule has 0 amide bonds. The molecule has 3 heteroatoms. The molecule has 1 rings (SSSR count). The quantitative estimate of drug-likeness (QED) is 0.712. The number of methoxy groups -OCH3 is 1. The van der Waals surface area contributed by atoms with Gasteiger partial charge in [0.1, 0.15) is 0 Å². The average Bonchev–Trinajstić information content (AvgIpc) is 2.39. The predicted molar refractivity (Wildman–Crippen MR) is 66.5 cm³/mol. The van der Waals surface area contributed by atoms with E-state index in [0.717, 1.165) is 12.0 Å². The first-order valence-corrected chi connectivity index (χ1v) is 5.92. The van der Waals surface area contributed by atoms with Crippen LogP contribution in [0, 0.1) is 5.92 Å². The van der Waals surface area contributed by atoms with E-state index in [1.54, 1.807) is 0 Å². The van der Waals surface area contributed by atoms with E-state index in [0.29, 0.717) is 6.61 Å². The van der Waals surface area contributed by atoms with Gasteiger partial charge < -0.3 is 9.47 Å². The number of carbonyl (C=O) groups excluding carboxylic acids is 1. The topological polar surface area (TPSA) is 35.5 Å². The van der Waals surface area contributed by atoms with E-state index in [1.165, 1.54) is 7.11 Å². The third-order valence-corrected chi connectivity index (χ3v) is 2.87. The van der Waals surface area contributed by atoms with Crippen LogP contribution in [0.4, 0.5) is 0 Å². The monoisotopic (exact) mass is 236 g/mol. The molecule has 1 aromatic rings. The maximum atomic E-state index is 11.6. The van der Waals surface area contributed by atoms with Crippen molar-refractivity contribution < 1.29 is 14.3 Å². The van der Waals surface area contributed by atoms with Crippen LogP contribution < -0.4 is 0 Å². The van der Waals surface area contributed by atoms with Gasteiger partial charge in [0.25, 0.3) is 0 Å². The first-order chi connectivity index (χ1) is 8.19. The average molecular weight is 236 g/mol. The number of esters is 1. The van der Waals surface area contributed by atoms with Gasteiger partial charge in [-0.2, -0.15) is 0 Å². The van der Waals surface area contributed by atoms with Crippen LogP contribution in [0.1, 0.15) is 25.8 Å². The van der Waals surface area contributed by atoms with Crippen LogP contribution in [-0.4, -0.2) is 19.2 Å². The third kappa shape index (κ3) is 4.19. The molecule has 94 valence electrons. The zero-order valence-corrected chi connectivity index (χ0v) is 10.7. The Bertz CT molecular complexity index is 335. The number of ether oxygens (including phenoxy) is 2. The number of carbonyl (C=O) groups is 1. The fraction of sp³-hybridized carbons (Fsp3) is 0.500. The summed E-state index contributed by atoms with van der Waals surface area (Å²) in [7, 11) is 1.39. The molecular formula is C14H20O3. The maximum Gasteiger partial charge on any atom is 0.335 e. The molecule has 0 spiro atoms. The number of benzene rings is 1. The van der Waals surface area contributed by atoms with Crippen LogP contribution in [0.3, 0.4) is 0 Å². The van der Waals surface area contributed by atoms with Gasteiger partial charge in [0.05, 0.1) is 13.7 Å². The van der Waals surface area contributed by atoms with Crippen molar-refractivity contribution in [1.29, 1.82) is 0 Å². The van der Waals surface area contributed by atoms with Gasteiger partial charge in [0, 0.05) is 0 Å². The van der Waals surface area contributed by atoms with Crippen molar-refractivity contribution in [2.45, 2.75) is 33.0 Å². The highest BCUT2D eigenvalue weighted by Crippen LogP contribution is 2.15. The lowest BCUT2D eigenvalue weighted by molar-refractivity contribution is -0.158. The number of hydrogen-bond acceptors (Lipinski definition) is 3. The molecular weight excluding hydrogens is 216 g/mol. The molecule has 0 aromatic heterocycles. The molecule has 0 heterocycles. The Morgan fingerprint density at radius 2 is 1.94 bits per heavy atom. The van der Waals surface area contributed by atoms with Crippen molar-refractivity contribution >= 4 is 5.97 Å². The molecule has 0 radical (unpaired) electrons. The second-order valence-corrected chi connectivity index (χ2v) is 4.13. The van der Waals surface area contributed by atoms with Crippen molar-refractivity contribution in [2.75, 3.05) is 7.11 Å². The van der Waals surface area contributed by atoms with Crippen LogP contribution >= 0.6 is 0 Å². The largest absolute Gasteiger partial charge is 0.467 e. The zero-order valence-electron chi connectivity index (χ0n) is 10.7. The molecule has 17 heavy (non-hydrogen) atoms. The maximum absolute atomic E-state index is 11.6. The molecule has 3 nitrogen and oxygen atoms in total. The minimum atomic E-state index is -0.481. The van der Waals surface area contributed by atoms with Gasteiger partial charge >= 0.3 is 5.97 Å². The van der Waals surface area contributed by atoms with E-state index in [9.17, 15) is 4.79 Å². The van der Waals surface area contributed by atoms with Gasteiger partial charge in [0.15, 0.2) is 6.10 Å². The molecule has 0 aliphatic carbocycles. The summed E-state index contributed by atoms with van der Waals surface area (Å²) in [6.45, 7) is 4.46. The van der Waals surface area contributed by atoms with Crippen LogP contribution in [0.15, 0.2) is 30.3 Å². The molecule has 1 aromatic carbocycles. The van der Waals surface area contributed by atoms with Gasteiger partial charge in [-0.3, -0.25) is 0 Å². The van der Waals surface area contributed by atoms with Crippen molar-refractivity contribution in [3.63, 3.8) is 0 Å². The standard InChI is InChI=1S/C14H20O3/c1-4-11(2)13(14(15)16-3)17-10-12-8-6-5-7-9-12/h5-9,11,13H,4,10H2,1-3H3. The van der Waals surface area contributed by atoms with E-state index >= 15 is 0 Å². The molecule has 2 atom stereocenters. The number of hydrogen-bond donors (Lipinski definition) is 0. The highest BCUT2D eigenvalue weighted by atomic mass is 16.6. The number of rotatable bonds is 6. The SMILES string of the molecule is CCC(C)C(OCc1ccccc1)C(=O)OC. The Hall–Kier alpha value is -1.35. The Labute approximate surface area is 103 Å². The molecule has 0 fully saturated rings. The molecule has 0 N–H and O–H groups in total. The van der Waals surface area contributed by atoms with Crippen molar-refractivity contribution in [2.24, 2.45) is 5.92 Å². The fourth-order valence-corrected chi connectivity index (χ4v) is 1.56. The first kappa shape index (κ1) is 13.7. The molecule has 0 aliphatic rings. The van der Waals surface area contributed by atoms with Crippen LogP contribution in [0.5, 0.6) is 0 Å². The molecule has 0 aliphatic heterocycles. The summed E-state index contributed by atoms with van der Waals surface area (Å²) in [5.41, 5.74) is 1.06. The summed E-state index contributed by atoms with van der Waals surface area (Å²) < 4.78 is 10.4. The van der Waals surface area contributed by atoms with E-state index in [1.807, 2.05) is 44.2 Å². The minimum absolute atomic E-state index is 0.158. The minimum Gasteiger partial charge on any atom is -0.467 e. The summed E-state index contributed by atoms with van der Waals surface area (Å²) in [5, 5.41) is 0. The Kier molecular flexibility index (Phi) is 5.70. The van der Waals surface area contributed by atoms with Crippen molar-refractivity contribution in [1.82, 2.24) is 0 Å². The van der Waals surface area contributed by atoms with Gasteiger partial charge in [0.2, 0.25) is 0 Å². The van der Waals surface area contributed by atoms with Crippen LogP contribution in [-0.2, 0) is 20.9 Å². The lowest BCUT2D eigenvalue weighted by Gasteiger charge is -2.21.